The molecule has 1 heterocycles. The van der Waals surface area contributed by atoms with Crippen LogP contribution in [0.2, 0.25) is 5.04 Å². The normalized spacial score (nSPS) is 19.2. The minimum atomic E-state index is -3.93. The van der Waals surface area contributed by atoms with Gasteiger partial charge in [-0.05, 0) is 60.2 Å². The molecule has 6 nitrogen and oxygen atoms in total. The first-order valence-electron chi connectivity index (χ1n) is 18.5. The molecule has 0 aliphatic carbocycles. The summed E-state index contributed by atoms with van der Waals surface area (Å²) >= 11 is 0. The molecule has 0 saturated carbocycles. The second-order valence-electron chi connectivity index (χ2n) is 14.9. The van der Waals surface area contributed by atoms with Gasteiger partial charge in [0.05, 0.1) is 23.6 Å². The molecule has 1 aliphatic rings. The summed E-state index contributed by atoms with van der Waals surface area (Å²) < 4.78 is 38.1. The summed E-state index contributed by atoms with van der Waals surface area (Å²) in [5.74, 6) is 0.345. The van der Waals surface area contributed by atoms with Gasteiger partial charge in [0.2, 0.25) is 10.0 Å². The Balaban J connectivity index is 1.59. The van der Waals surface area contributed by atoms with Crippen molar-refractivity contribution in [3.8, 4) is 0 Å². The van der Waals surface area contributed by atoms with E-state index in [1.807, 2.05) is 62.4 Å². The monoisotopic (exact) mass is 705 g/mol. The molecular formula is C41H59NO5SSi. The second kappa shape index (κ2) is 18.0. The Morgan fingerprint density at radius 1 is 0.816 bits per heavy atom. The highest BCUT2D eigenvalue weighted by Crippen LogP contribution is 2.39. The number of ketones is 1. The van der Waals surface area contributed by atoms with Crippen LogP contribution in [0.25, 0.3) is 0 Å². The third-order valence-electron chi connectivity index (χ3n) is 10.3. The van der Waals surface area contributed by atoms with Crippen molar-refractivity contribution < 1.29 is 22.7 Å². The Bertz CT molecular complexity index is 1500. The lowest BCUT2D eigenvalue weighted by Crippen LogP contribution is -2.68. The Hall–Kier alpha value is -2.62. The van der Waals surface area contributed by atoms with E-state index in [-0.39, 0.29) is 22.6 Å². The van der Waals surface area contributed by atoms with Crippen LogP contribution in [0.3, 0.4) is 0 Å². The SMILES string of the molecule is CCC(=O)CCCCCCCCC[C@@H]1CC[C@@H](O)[C@H](CO[Si](c2ccccc2)(c2ccccc2)C(C)(C)C)N1S(=O)(=O)c1ccc(C)cc1. The molecule has 3 atom stereocenters. The number of benzene rings is 3. The molecule has 49 heavy (non-hydrogen) atoms. The minimum absolute atomic E-state index is 0.108. The lowest BCUT2D eigenvalue weighted by Gasteiger charge is -2.47. The van der Waals surface area contributed by atoms with E-state index in [2.05, 4.69) is 45.0 Å². The average Bonchev–Trinajstić information content (AvgIpc) is 3.09. The van der Waals surface area contributed by atoms with E-state index in [0.29, 0.717) is 31.5 Å². The van der Waals surface area contributed by atoms with Gasteiger partial charge in [0.15, 0.2) is 0 Å². The van der Waals surface area contributed by atoms with Gasteiger partial charge in [-0.1, -0.05) is 145 Å². The number of aliphatic hydroxyl groups is 1. The number of carbonyl (C=O) groups is 1. The summed E-state index contributed by atoms with van der Waals surface area (Å²) in [6.07, 6.45) is 9.76. The van der Waals surface area contributed by atoms with E-state index in [1.165, 1.54) is 0 Å². The fourth-order valence-electron chi connectivity index (χ4n) is 7.52. The van der Waals surface area contributed by atoms with Gasteiger partial charge in [-0.2, -0.15) is 4.31 Å². The van der Waals surface area contributed by atoms with Gasteiger partial charge in [0.25, 0.3) is 8.32 Å². The number of rotatable bonds is 18. The molecule has 1 N–H and O–H groups in total. The molecule has 1 fully saturated rings. The van der Waals surface area contributed by atoms with Crippen LogP contribution in [0.5, 0.6) is 0 Å². The maximum atomic E-state index is 14.6. The number of carbonyl (C=O) groups excluding carboxylic acids is 1. The summed E-state index contributed by atoms with van der Waals surface area (Å²) in [5.41, 5.74) is 0.998. The molecule has 0 spiro atoms. The number of nitrogens with zero attached hydrogens (tertiary/aromatic N) is 1. The van der Waals surface area contributed by atoms with Crippen LogP contribution in [0.1, 0.15) is 110 Å². The lowest BCUT2D eigenvalue weighted by molar-refractivity contribution is -0.118. The number of aliphatic hydroxyl groups excluding tert-OH is 1. The van der Waals surface area contributed by atoms with Gasteiger partial charge in [0, 0.05) is 18.9 Å². The zero-order valence-electron chi connectivity index (χ0n) is 30.4. The molecule has 0 aromatic heterocycles. The van der Waals surface area contributed by atoms with Crippen molar-refractivity contribution in [2.45, 2.75) is 140 Å². The molecule has 0 bridgehead atoms. The van der Waals surface area contributed by atoms with Crippen LogP contribution < -0.4 is 10.4 Å². The molecule has 4 rings (SSSR count). The van der Waals surface area contributed by atoms with Gasteiger partial charge >= 0.3 is 0 Å². The van der Waals surface area contributed by atoms with Gasteiger partial charge in [-0.15, -0.1) is 0 Å². The zero-order chi connectivity index (χ0) is 35.5. The van der Waals surface area contributed by atoms with Crippen LogP contribution in [0.15, 0.2) is 89.8 Å². The lowest BCUT2D eigenvalue weighted by atomic mass is 9.92. The first kappa shape index (κ1) is 39.2. The molecular weight excluding hydrogens is 647 g/mol. The van der Waals surface area contributed by atoms with Crippen LogP contribution in [0.4, 0.5) is 0 Å². The standard InChI is InChI=1S/C41H59NO5SSi/c1-6-35(43)21-15-11-9-7-8-10-14-20-34-28-31-40(44)39(42(34)48(45,46)36-29-26-33(2)27-30-36)32-47-49(41(3,4)5,37-22-16-12-17-23-37)38-24-18-13-19-25-38/h12-13,16-19,22-27,29-30,34,39-40,44H,6-11,14-15,20-21,28,31-32H2,1-5H3/t34-,39+,40-/m1/s1. The smallest absolute Gasteiger partial charge is 0.261 e. The highest BCUT2D eigenvalue weighted by molar-refractivity contribution is 7.89. The van der Waals surface area contributed by atoms with Crippen LogP contribution in [0, 0.1) is 6.92 Å². The van der Waals surface area contributed by atoms with Gasteiger partial charge in [0.1, 0.15) is 5.78 Å². The summed E-state index contributed by atoms with van der Waals surface area (Å²) in [6.45, 7) is 10.6. The highest BCUT2D eigenvalue weighted by atomic mass is 32.2. The van der Waals surface area contributed by atoms with Crippen molar-refractivity contribution in [3.63, 3.8) is 0 Å². The predicted molar refractivity (Wildman–Crippen MR) is 203 cm³/mol. The van der Waals surface area contributed by atoms with Gasteiger partial charge in [-0.3, -0.25) is 4.79 Å². The molecule has 3 aromatic carbocycles. The maximum absolute atomic E-state index is 14.6. The third-order valence-corrected chi connectivity index (χ3v) is 17.3. The molecule has 1 saturated heterocycles. The van der Waals surface area contributed by atoms with Crippen molar-refractivity contribution in [1.29, 1.82) is 0 Å². The van der Waals surface area contributed by atoms with Crippen LogP contribution >= 0.6 is 0 Å². The Morgan fingerprint density at radius 2 is 1.35 bits per heavy atom. The fourth-order valence-corrected chi connectivity index (χ4v) is 14.0. The van der Waals surface area contributed by atoms with Crippen molar-refractivity contribution >= 4 is 34.5 Å². The van der Waals surface area contributed by atoms with Crippen molar-refractivity contribution in [2.24, 2.45) is 0 Å². The molecule has 268 valence electrons. The highest BCUT2D eigenvalue weighted by Gasteiger charge is 2.52. The van der Waals surface area contributed by atoms with Crippen molar-refractivity contribution in [1.82, 2.24) is 4.31 Å². The molecule has 0 amide bonds. The third kappa shape index (κ3) is 9.79. The average molecular weight is 706 g/mol. The Morgan fingerprint density at radius 3 is 1.88 bits per heavy atom. The van der Waals surface area contributed by atoms with Crippen LogP contribution in [-0.2, 0) is 19.2 Å². The first-order valence-corrected chi connectivity index (χ1v) is 21.8. The zero-order valence-corrected chi connectivity index (χ0v) is 32.3. The molecule has 0 radical (unpaired) electrons. The first-order chi connectivity index (χ1) is 23.4. The van der Waals surface area contributed by atoms with Gasteiger partial charge in [-0.25, -0.2) is 8.42 Å². The van der Waals surface area contributed by atoms with E-state index in [4.69, 9.17) is 4.43 Å². The Kier molecular flexibility index (Phi) is 14.4. The summed E-state index contributed by atoms with van der Waals surface area (Å²) in [4.78, 5) is 11.8. The minimum Gasteiger partial charge on any atom is -0.406 e. The maximum Gasteiger partial charge on any atom is 0.261 e. The number of Topliss-reactive ketones (excluding diaryl/α,β-unsaturated/α-hetero) is 1. The second-order valence-corrected chi connectivity index (χ2v) is 21.0. The van der Waals surface area contributed by atoms with E-state index in [1.54, 1.807) is 16.4 Å². The summed E-state index contributed by atoms with van der Waals surface area (Å²) in [5, 5.41) is 13.6. The number of hydrogen-bond donors (Lipinski definition) is 1. The molecule has 3 aromatic rings. The van der Waals surface area contributed by atoms with Crippen molar-refractivity contribution in [2.75, 3.05) is 6.61 Å². The molecule has 1 aliphatic heterocycles. The molecule has 0 unspecified atom stereocenters. The molecule has 8 heteroatoms. The number of sulfonamides is 1. The van der Waals surface area contributed by atoms with Gasteiger partial charge < -0.3 is 9.53 Å². The summed E-state index contributed by atoms with van der Waals surface area (Å²) in [6, 6.07) is 26.9. The van der Waals surface area contributed by atoms with E-state index in [0.717, 1.165) is 67.3 Å². The largest absolute Gasteiger partial charge is 0.406 e. The van der Waals surface area contributed by atoms with Crippen molar-refractivity contribution in [3.05, 3.63) is 90.5 Å². The topological polar surface area (TPSA) is 83.9 Å². The Labute approximate surface area is 297 Å². The number of unbranched alkanes of at least 4 members (excludes halogenated alkanes) is 6. The summed E-state index contributed by atoms with van der Waals surface area (Å²) in [7, 11) is -6.90. The number of hydrogen-bond acceptors (Lipinski definition) is 5. The quantitative estimate of drug-likeness (QED) is 0.107. The number of aryl methyl sites for hydroxylation is 1. The van der Waals surface area contributed by atoms with E-state index >= 15 is 0 Å². The van der Waals surface area contributed by atoms with Crippen LogP contribution in [-0.4, -0.2) is 56.7 Å². The van der Waals surface area contributed by atoms with E-state index < -0.39 is 30.5 Å². The number of piperidine rings is 1. The fraction of sp³-hybridized carbons (Fsp3) is 0.537. The predicted octanol–water partition coefficient (Wildman–Crippen LogP) is 7.94. The van der Waals surface area contributed by atoms with E-state index in [9.17, 15) is 18.3 Å².